The summed E-state index contributed by atoms with van der Waals surface area (Å²) in [6.45, 7) is 3.28. The molecule has 1 aliphatic heterocycles. The first-order valence-corrected chi connectivity index (χ1v) is 9.05. The second-order valence-electron chi connectivity index (χ2n) is 6.35. The van der Waals surface area contributed by atoms with Crippen molar-refractivity contribution < 1.29 is 0 Å². The number of nitrogens with two attached hydrogens (primary N) is 1. The number of benzene rings is 1. The molecule has 4 rings (SSSR count). The summed E-state index contributed by atoms with van der Waals surface area (Å²) in [5.41, 5.74) is 8.18. The molecule has 1 fully saturated rings. The molecule has 1 saturated heterocycles. The third-order valence-corrected chi connectivity index (χ3v) is 5.55. The van der Waals surface area contributed by atoms with Gasteiger partial charge >= 0.3 is 0 Å². The van der Waals surface area contributed by atoms with Crippen LogP contribution < -0.4 is 11.3 Å². The summed E-state index contributed by atoms with van der Waals surface area (Å²) in [7, 11) is 0. The molecule has 0 spiro atoms. The fourth-order valence-electron chi connectivity index (χ4n) is 3.60. The SMILES string of the molecule is Cl.NC[C@@H]1CN(Cc2cc(=O)n3ccsc3n2)C[C@H]1c1ccccc1. The quantitative estimate of drug-likeness (QED) is 0.759. The minimum atomic E-state index is -0.00886. The van der Waals surface area contributed by atoms with Crippen molar-refractivity contribution in [1.82, 2.24) is 14.3 Å². The number of aromatic nitrogens is 2. The van der Waals surface area contributed by atoms with Crippen molar-refractivity contribution in [2.24, 2.45) is 11.7 Å². The lowest BCUT2D eigenvalue weighted by molar-refractivity contribution is 0.313. The van der Waals surface area contributed by atoms with Crippen LogP contribution in [0.3, 0.4) is 0 Å². The van der Waals surface area contributed by atoms with Crippen molar-refractivity contribution in [3.05, 3.63) is 69.6 Å². The Hall–Kier alpha value is -1.73. The summed E-state index contributed by atoms with van der Waals surface area (Å²) in [6.07, 6.45) is 1.77. The van der Waals surface area contributed by atoms with Crippen LogP contribution in [0, 0.1) is 5.92 Å². The maximum absolute atomic E-state index is 12.1. The van der Waals surface area contributed by atoms with Gasteiger partial charge in [0, 0.05) is 43.2 Å². The van der Waals surface area contributed by atoms with E-state index in [1.807, 2.05) is 11.4 Å². The Morgan fingerprint density at radius 1 is 1.24 bits per heavy atom. The van der Waals surface area contributed by atoms with Crippen LogP contribution in [0.25, 0.3) is 4.96 Å². The van der Waals surface area contributed by atoms with Gasteiger partial charge in [0.2, 0.25) is 0 Å². The second kappa shape index (κ2) is 7.66. The van der Waals surface area contributed by atoms with Gasteiger partial charge < -0.3 is 5.73 Å². The molecule has 0 aliphatic carbocycles. The Kier molecular flexibility index (Phi) is 5.54. The summed E-state index contributed by atoms with van der Waals surface area (Å²) in [6, 6.07) is 12.2. The van der Waals surface area contributed by atoms with Gasteiger partial charge in [0.05, 0.1) is 5.69 Å². The minimum Gasteiger partial charge on any atom is -0.330 e. The molecule has 0 amide bonds. The first-order chi connectivity index (χ1) is 11.7. The highest BCUT2D eigenvalue weighted by atomic mass is 35.5. The molecule has 1 aromatic carbocycles. The van der Waals surface area contributed by atoms with E-state index in [1.165, 1.54) is 16.9 Å². The lowest BCUT2D eigenvalue weighted by Gasteiger charge is -2.16. The molecule has 132 valence electrons. The lowest BCUT2D eigenvalue weighted by Crippen LogP contribution is -2.24. The topological polar surface area (TPSA) is 63.6 Å². The predicted molar refractivity (Wildman–Crippen MR) is 104 cm³/mol. The van der Waals surface area contributed by atoms with E-state index >= 15 is 0 Å². The molecule has 0 unspecified atom stereocenters. The molecule has 5 nitrogen and oxygen atoms in total. The van der Waals surface area contributed by atoms with Gasteiger partial charge in [-0.2, -0.15) is 0 Å². The molecule has 1 aliphatic rings. The largest absolute Gasteiger partial charge is 0.330 e. The van der Waals surface area contributed by atoms with Crippen LogP contribution in [0.2, 0.25) is 0 Å². The molecular formula is C18H21ClN4OS. The van der Waals surface area contributed by atoms with Gasteiger partial charge in [0.25, 0.3) is 5.56 Å². The van der Waals surface area contributed by atoms with E-state index in [-0.39, 0.29) is 18.0 Å². The van der Waals surface area contributed by atoms with Gasteiger partial charge in [0.1, 0.15) is 0 Å². The first-order valence-electron chi connectivity index (χ1n) is 8.18. The van der Waals surface area contributed by atoms with E-state index in [2.05, 4.69) is 34.1 Å². The second-order valence-corrected chi connectivity index (χ2v) is 7.22. The van der Waals surface area contributed by atoms with Gasteiger partial charge in [-0.3, -0.25) is 14.1 Å². The van der Waals surface area contributed by atoms with Crippen molar-refractivity contribution >= 4 is 28.7 Å². The number of halogens is 1. The molecule has 7 heteroatoms. The third kappa shape index (κ3) is 3.62. The summed E-state index contributed by atoms with van der Waals surface area (Å²) < 4.78 is 1.59. The van der Waals surface area contributed by atoms with Crippen molar-refractivity contribution in [1.29, 1.82) is 0 Å². The summed E-state index contributed by atoms with van der Waals surface area (Å²) >= 11 is 1.49. The molecule has 0 bridgehead atoms. The summed E-state index contributed by atoms with van der Waals surface area (Å²) in [5, 5.41) is 1.89. The van der Waals surface area contributed by atoms with Crippen LogP contribution in [-0.4, -0.2) is 33.9 Å². The number of rotatable bonds is 4. The smallest absolute Gasteiger partial charge is 0.258 e. The maximum Gasteiger partial charge on any atom is 0.258 e. The van der Waals surface area contributed by atoms with E-state index in [4.69, 9.17) is 5.73 Å². The van der Waals surface area contributed by atoms with Crippen LogP contribution in [0.4, 0.5) is 0 Å². The Balaban J connectivity index is 0.00000182. The third-order valence-electron chi connectivity index (χ3n) is 4.79. The average molecular weight is 377 g/mol. The summed E-state index contributed by atoms with van der Waals surface area (Å²) in [5.74, 6) is 0.890. The minimum absolute atomic E-state index is 0. The Bertz CT molecular complexity index is 895. The monoisotopic (exact) mass is 376 g/mol. The van der Waals surface area contributed by atoms with E-state index < -0.39 is 0 Å². The van der Waals surface area contributed by atoms with Crippen LogP contribution in [0.5, 0.6) is 0 Å². The summed E-state index contributed by atoms with van der Waals surface area (Å²) in [4.78, 5) is 19.9. The molecule has 3 aromatic rings. The van der Waals surface area contributed by atoms with Crippen LogP contribution in [-0.2, 0) is 6.54 Å². The standard InChI is InChI=1S/C18H20N4OS.ClH/c19-9-14-10-21(12-16(14)13-4-2-1-3-5-13)11-15-8-17(23)22-6-7-24-18(22)20-15;/h1-8,14,16H,9-12,19H2;1H/t14-,16+;/m1./s1. The van der Waals surface area contributed by atoms with E-state index in [1.54, 1.807) is 16.7 Å². The fourth-order valence-corrected chi connectivity index (χ4v) is 4.34. The Labute approximate surface area is 156 Å². The number of fused-ring (bicyclic) bond motifs is 1. The van der Waals surface area contributed by atoms with Crippen molar-refractivity contribution in [2.75, 3.05) is 19.6 Å². The van der Waals surface area contributed by atoms with Crippen molar-refractivity contribution in [2.45, 2.75) is 12.5 Å². The number of thiazole rings is 1. The number of nitrogens with zero attached hydrogens (tertiary/aromatic N) is 3. The molecular weight excluding hydrogens is 356 g/mol. The van der Waals surface area contributed by atoms with Crippen LogP contribution >= 0.6 is 23.7 Å². The van der Waals surface area contributed by atoms with Crippen LogP contribution in [0.1, 0.15) is 17.2 Å². The number of hydrogen-bond acceptors (Lipinski definition) is 5. The highest BCUT2D eigenvalue weighted by Gasteiger charge is 2.32. The molecule has 2 atom stereocenters. The van der Waals surface area contributed by atoms with E-state index in [0.717, 1.165) is 23.7 Å². The Morgan fingerprint density at radius 3 is 2.80 bits per heavy atom. The van der Waals surface area contributed by atoms with E-state index in [0.29, 0.717) is 24.9 Å². The zero-order valence-electron chi connectivity index (χ0n) is 13.7. The van der Waals surface area contributed by atoms with Gasteiger partial charge in [-0.1, -0.05) is 30.3 Å². The predicted octanol–water partition coefficient (Wildman–Crippen LogP) is 2.35. The highest BCUT2D eigenvalue weighted by molar-refractivity contribution is 7.15. The highest BCUT2D eigenvalue weighted by Crippen LogP contribution is 2.32. The van der Waals surface area contributed by atoms with Gasteiger partial charge in [-0.25, -0.2) is 4.98 Å². The first kappa shape index (κ1) is 18.1. The maximum atomic E-state index is 12.1. The lowest BCUT2D eigenvalue weighted by atomic mass is 9.89. The van der Waals surface area contributed by atoms with Crippen molar-refractivity contribution in [3.8, 4) is 0 Å². The zero-order chi connectivity index (χ0) is 16.5. The van der Waals surface area contributed by atoms with Crippen LogP contribution in [0.15, 0.2) is 52.8 Å². The van der Waals surface area contributed by atoms with Gasteiger partial charge in [-0.15, -0.1) is 23.7 Å². The van der Waals surface area contributed by atoms with Gasteiger partial charge in [0.15, 0.2) is 4.96 Å². The molecule has 2 N–H and O–H groups in total. The molecule has 25 heavy (non-hydrogen) atoms. The van der Waals surface area contributed by atoms with Crippen molar-refractivity contribution in [3.63, 3.8) is 0 Å². The zero-order valence-corrected chi connectivity index (χ0v) is 15.4. The molecule has 0 saturated carbocycles. The van der Waals surface area contributed by atoms with E-state index in [9.17, 15) is 4.79 Å². The molecule has 2 aromatic heterocycles. The number of hydrogen-bond donors (Lipinski definition) is 1. The van der Waals surface area contributed by atoms with Gasteiger partial charge in [-0.05, 0) is 18.0 Å². The fraction of sp³-hybridized carbons (Fsp3) is 0.333. The average Bonchev–Trinajstić information content (AvgIpc) is 3.22. The molecule has 3 heterocycles. The normalized spacial score (nSPS) is 20.7. The Morgan fingerprint density at radius 2 is 2.04 bits per heavy atom. The number of likely N-dealkylation sites (tertiary alicyclic amines) is 1. The molecule has 0 radical (unpaired) electrons.